The second kappa shape index (κ2) is 7.56. The number of likely N-dealkylation sites (N-methyl/N-ethyl adjacent to an activating group) is 1. The molecule has 0 aliphatic heterocycles. The minimum atomic E-state index is -3.55. The highest BCUT2D eigenvalue weighted by molar-refractivity contribution is 9.10. The molecule has 0 fully saturated rings. The first-order valence-electron chi connectivity index (χ1n) is 6.40. The van der Waals surface area contributed by atoms with E-state index in [0.717, 1.165) is 0 Å². The number of halogens is 1. The van der Waals surface area contributed by atoms with Crippen LogP contribution < -0.4 is 10.0 Å². The van der Waals surface area contributed by atoms with Gasteiger partial charge in [0.25, 0.3) is 0 Å². The van der Waals surface area contributed by atoms with Crippen molar-refractivity contribution in [3.63, 3.8) is 0 Å². The fourth-order valence-electron chi connectivity index (χ4n) is 1.53. The predicted molar refractivity (Wildman–Crippen MR) is 82.1 cm³/mol. The summed E-state index contributed by atoms with van der Waals surface area (Å²) in [6.45, 7) is 5.60. The van der Waals surface area contributed by atoms with Crippen molar-refractivity contribution in [2.24, 2.45) is 0 Å². The molecular formula is C12H22BrN3O3S. The molecule has 0 unspecified atom stereocenters. The molecule has 0 aliphatic rings. The van der Waals surface area contributed by atoms with Crippen molar-refractivity contribution in [1.29, 1.82) is 0 Å². The van der Waals surface area contributed by atoms with Crippen LogP contribution in [-0.4, -0.2) is 46.5 Å². The molecule has 0 saturated heterocycles. The maximum Gasteiger partial charge on any atom is 0.245 e. The van der Waals surface area contributed by atoms with E-state index in [1.165, 1.54) is 6.07 Å². The van der Waals surface area contributed by atoms with Crippen LogP contribution in [0.2, 0.25) is 0 Å². The number of hydrogen-bond acceptors (Lipinski definition) is 5. The SMILES string of the molecule is CNCc1cc(S(=O)(=O)NCCN(C)C(C)C)c(Br)o1. The van der Waals surface area contributed by atoms with E-state index in [9.17, 15) is 8.42 Å². The normalized spacial score (nSPS) is 12.6. The van der Waals surface area contributed by atoms with Crippen LogP contribution in [0.25, 0.3) is 0 Å². The van der Waals surface area contributed by atoms with E-state index >= 15 is 0 Å². The predicted octanol–water partition coefficient (Wildman–Crippen LogP) is 1.38. The van der Waals surface area contributed by atoms with Gasteiger partial charge in [-0.3, -0.25) is 0 Å². The summed E-state index contributed by atoms with van der Waals surface area (Å²) in [5.74, 6) is 0.569. The van der Waals surface area contributed by atoms with Crippen molar-refractivity contribution in [2.45, 2.75) is 31.3 Å². The molecule has 0 atom stereocenters. The third-order valence-electron chi connectivity index (χ3n) is 2.99. The first kappa shape index (κ1) is 17.6. The molecule has 0 saturated carbocycles. The van der Waals surface area contributed by atoms with E-state index in [1.54, 1.807) is 7.05 Å². The van der Waals surface area contributed by atoms with E-state index in [4.69, 9.17) is 4.42 Å². The Bertz CT molecular complexity index is 528. The van der Waals surface area contributed by atoms with Gasteiger partial charge in [-0.15, -0.1) is 0 Å². The van der Waals surface area contributed by atoms with Crippen LogP contribution in [0.15, 0.2) is 20.0 Å². The van der Waals surface area contributed by atoms with Crippen molar-refractivity contribution in [3.8, 4) is 0 Å². The Hall–Kier alpha value is -0.410. The van der Waals surface area contributed by atoms with Crippen LogP contribution in [0.4, 0.5) is 0 Å². The van der Waals surface area contributed by atoms with Crippen LogP contribution in [0, 0.1) is 0 Å². The second-order valence-electron chi connectivity index (χ2n) is 4.85. The molecule has 2 N–H and O–H groups in total. The van der Waals surface area contributed by atoms with Gasteiger partial charge < -0.3 is 14.6 Å². The summed E-state index contributed by atoms with van der Waals surface area (Å²) in [6, 6.07) is 1.90. The van der Waals surface area contributed by atoms with Gasteiger partial charge in [-0.2, -0.15) is 0 Å². The lowest BCUT2D eigenvalue weighted by Crippen LogP contribution is -2.36. The maximum atomic E-state index is 12.2. The Balaban J connectivity index is 2.69. The van der Waals surface area contributed by atoms with Crippen LogP contribution in [0.3, 0.4) is 0 Å². The summed E-state index contributed by atoms with van der Waals surface area (Å²) in [7, 11) is 0.170. The van der Waals surface area contributed by atoms with E-state index in [-0.39, 0.29) is 9.56 Å². The largest absolute Gasteiger partial charge is 0.452 e. The van der Waals surface area contributed by atoms with E-state index in [0.29, 0.717) is 31.4 Å². The average molecular weight is 368 g/mol. The minimum absolute atomic E-state index is 0.134. The van der Waals surface area contributed by atoms with Gasteiger partial charge in [-0.1, -0.05) is 0 Å². The number of nitrogens with one attached hydrogen (secondary N) is 2. The Morgan fingerprint density at radius 1 is 1.45 bits per heavy atom. The molecule has 0 aliphatic carbocycles. The standard InChI is InChI=1S/C12H22BrN3O3S/c1-9(2)16(4)6-5-15-20(17,18)11-7-10(8-14-3)19-12(11)13/h7,9,14-15H,5-6,8H2,1-4H3. The van der Waals surface area contributed by atoms with Gasteiger partial charge in [-0.05, 0) is 43.9 Å². The first-order valence-corrected chi connectivity index (χ1v) is 8.68. The van der Waals surface area contributed by atoms with Crippen molar-refractivity contribution < 1.29 is 12.8 Å². The first-order chi connectivity index (χ1) is 9.27. The van der Waals surface area contributed by atoms with E-state index < -0.39 is 10.0 Å². The summed E-state index contributed by atoms with van der Waals surface area (Å²) in [5, 5.41) is 2.91. The molecule has 0 amide bonds. The van der Waals surface area contributed by atoms with E-state index in [1.807, 2.05) is 7.05 Å². The number of furan rings is 1. The number of sulfonamides is 1. The lowest BCUT2D eigenvalue weighted by molar-refractivity contribution is 0.278. The lowest BCUT2D eigenvalue weighted by Gasteiger charge is -2.20. The van der Waals surface area contributed by atoms with Crippen LogP contribution in [0.5, 0.6) is 0 Å². The summed E-state index contributed by atoms with van der Waals surface area (Å²) < 4.78 is 32.5. The summed E-state index contributed by atoms with van der Waals surface area (Å²) in [6.07, 6.45) is 0. The molecule has 6 nitrogen and oxygen atoms in total. The Labute approximate surface area is 129 Å². The molecule has 1 aromatic rings. The fraction of sp³-hybridized carbons (Fsp3) is 0.667. The smallest absolute Gasteiger partial charge is 0.245 e. The zero-order valence-electron chi connectivity index (χ0n) is 12.2. The summed E-state index contributed by atoms with van der Waals surface area (Å²) >= 11 is 3.14. The second-order valence-corrected chi connectivity index (χ2v) is 7.31. The number of hydrogen-bond donors (Lipinski definition) is 2. The van der Waals surface area contributed by atoms with Crippen LogP contribution >= 0.6 is 15.9 Å². The zero-order chi connectivity index (χ0) is 15.3. The highest BCUT2D eigenvalue weighted by atomic mass is 79.9. The molecule has 0 bridgehead atoms. The monoisotopic (exact) mass is 367 g/mol. The van der Waals surface area contributed by atoms with Crippen molar-refractivity contribution >= 4 is 26.0 Å². The highest BCUT2D eigenvalue weighted by Crippen LogP contribution is 2.25. The zero-order valence-corrected chi connectivity index (χ0v) is 14.6. The number of rotatable bonds is 8. The molecule has 0 spiro atoms. The quantitative estimate of drug-likeness (QED) is 0.725. The lowest BCUT2D eigenvalue weighted by atomic mass is 10.3. The van der Waals surface area contributed by atoms with E-state index in [2.05, 4.69) is 44.7 Å². The maximum absolute atomic E-state index is 12.2. The van der Waals surface area contributed by atoms with Crippen molar-refractivity contribution in [1.82, 2.24) is 14.9 Å². The number of nitrogens with zero attached hydrogens (tertiary/aromatic N) is 1. The van der Waals surface area contributed by atoms with Crippen LogP contribution in [0.1, 0.15) is 19.6 Å². The Kier molecular flexibility index (Phi) is 6.67. The third kappa shape index (κ3) is 4.85. The topological polar surface area (TPSA) is 74.6 Å². The van der Waals surface area contributed by atoms with Crippen molar-refractivity contribution in [2.75, 3.05) is 27.2 Å². The molecule has 8 heteroatoms. The molecule has 1 rings (SSSR count). The Morgan fingerprint density at radius 3 is 2.65 bits per heavy atom. The van der Waals surface area contributed by atoms with Gasteiger partial charge >= 0.3 is 0 Å². The third-order valence-corrected chi connectivity index (χ3v) is 5.30. The van der Waals surface area contributed by atoms with Gasteiger partial charge in [-0.25, -0.2) is 13.1 Å². The minimum Gasteiger partial charge on any atom is -0.452 e. The van der Waals surface area contributed by atoms with Crippen LogP contribution in [-0.2, 0) is 16.6 Å². The molecule has 20 heavy (non-hydrogen) atoms. The molecule has 1 heterocycles. The molecule has 0 aromatic carbocycles. The molecule has 116 valence electrons. The van der Waals surface area contributed by atoms with Crippen molar-refractivity contribution in [3.05, 3.63) is 16.5 Å². The summed E-state index contributed by atoms with van der Waals surface area (Å²) in [4.78, 5) is 2.20. The highest BCUT2D eigenvalue weighted by Gasteiger charge is 2.22. The average Bonchev–Trinajstić information content (AvgIpc) is 2.71. The fourth-order valence-corrected chi connectivity index (χ4v) is 3.55. The van der Waals surface area contributed by atoms with Gasteiger partial charge in [0, 0.05) is 25.2 Å². The Morgan fingerprint density at radius 2 is 2.10 bits per heavy atom. The molecular weight excluding hydrogens is 346 g/mol. The van der Waals surface area contributed by atoms with Gasteiger partial charge in [0.1, 0.15) is 10.7 Å². The van der Waals surface area contributed by atoms with Gasteiger partial charge in [0.2, 0.25) is 10.0 Å². The van der Waals surface area contributed by atoms with Gasteiger partial charge in [0.15, 0.2) is 4.67 Å². The molecule has 1 aromatic heterocycles. The summed E-state index contributed by atoms with van der Waals surface area (Å²) in [5.41, 5.74) is 0. The van der Waals surface area contributed by atoms with Gasteiger partial charge in [0.05, 0.1) is 6.54 Å². The molecule has 0 radical (unpaired) electrons.